The highest BCUT2D eigenvalue weighted by Gasteiger charge is 2.54. The summed E-state index contributed by atoms with van der Waals surface area (Å²) in [4.78, 5) is 16.4. The van der Waals surface area contributed by atoms with Gasteiger partial charge < -0.3 is 9.72 Å². The van der Waals surface area contributed by atoms with E-state index in [4.69, 9.17) is 4.74 Å². The fourth-order valence-corrected chi connectivity index (χ4v) is 5.68. The van der Waals surface area contributed by atoms with Gasteiger partial charge in [-0.05, 0) is 61.4 Å². The molecule has 0 unspecified atom stereocenters. The molecular weight excluding hydrogens is 400 g/mol. The van der Waals surface area contributed by atoms with E-state index in [2.05, 4.69) is 21.8 Å². The number of carbonyl (C=O) groups excluding carboxylic acids is 1. The van der Waals surface area contributed by atoms with E-state index in [0.717, 1.165) is 18.4 Å². The number of aromatic nitrogens is 1. The molecule has 2 aliphatic rings. The number of hydrogen-bond acceptors (Lipinski definition) is 4. The Morgan fingerprint density at radius 2 is 1.97 bits per heavy atom. The molecule has 2 aliphatic carbocycles. The molecule has 6 nitrogen and oxygen atoms in total. The molecule has 0 saturated heterocycles. The Kier molecular flexibility index (Phi) is 4.39. The van der Waals surface area contributed by atoms with Gasteiger partial charge in [0.15, 0.2) is 0 Å². The van der Waals surface area contributed by atoms with Crippen LogP contribution in [0, 0.1) is 0 Å². The van der Waals surface area contributed by atoms with E-state index in [1.165, 1.54) is 18.1 Å². The SMILES string of the molecule is COc1ccc(C2CCC2)cc1C1(C(=O)NS(=O)(=O)c2cccc3[nH]ccc23)CC1. The molecule has 2 saturated carbocycles. The Labute approximate surface area is 175 Å². The Balaban J connectivity index is 1.48. The van der Waals surface area contributed by atoms with E-state index in [9.17, 15) is 13.2 Å². The van der Waals surface area contributed by atoms with Crippen molar-refractivity contribution in [3.8, 4) is 5.75 Å². The third kappa shape index (κ3) is 2.99. The Bertz CT molecular complexity index is 1240. The van der Waals surface area contributed by atoms with Crippen LogP contribution in [0.3, 0.4) is 0 Å². The molecule has 3 aromatic rings. The number of benzene rings is 2. The smallest absolute Gasteiger partial charge is 0.264 e. The van der Waals surface area contributed by atoms with Gasteiger partial charge in [-0.2, -0.15) is 0 Å². The lowest BCUT2D eigenvalue weighted by Gasteiger charge is -2.28. The van der Waals surface area contributed by atoms with Crippen LogP contribution in [0.5, 0.6) is 5.75 Å². The second-order valence-corrected chi connectivity index (χ2v) is 9.95. The molecule has 0 spiro atoms. The van der Waals surface area contributed by atoms with Gasteiger partial charge in [0.05, 0.1) is 17.4 Å². The van der Waals surface area contributed by atoms with Crippen LogP contribution in [0.25, 0.3) is 10.9 Å². The second-order valence-electron chi connectivity index (χ2n) is 8.30. The molecule has 7 heteroatoms. The topological polar surface area (TPSA) is 88.3 Å². The normalized spacial score (nSPS) is 18.0. The standard InChI is InChI=1S/C23H24N2O4S/c1-29-20-9-8-16(15-4-2-5-15)14-18(20)23(11-12-23)22(26)25-30(27,28)21-7-3-6-19-17(21)10-13-24-19/h3,6-10,13-15,24H,2,4-5,11-12H2,1H3,(H,25,26). The molecule has 1 amide bonds. The molecule has 2 aromatic carbocycles. The molecule has 1 heterocycles. The third-order valence-corrected chi connectivity index (χ3v) is 7.96. The Morgan fingerprint density at radius 1 is 1.17 bits per heavy atom. The first-order chi connectivity index (χ1) is 14.4. The van der Waals surface area contributed by atoms with Crippen molar-refractivity contribution < 1.29 is 17.9 Å². The molecule has 0 radical (unpaired) electrons. The predicted octanol–water partition coefficient (Wildman–Crippen LogP) is 3.98. The zero-order valence-electron chi connectivity index (χ0n) is 16.8. The maximum atomic E-state index is 13.3. The second kappa shape index (κ2) is 6.87. The quantitative estimate of drug-likeness (QED) is 0.626. The average Bonchev–Trinajstić information content (AvgIpc) is 3.36. The van der Waals surface area contributed by atoms with E-state index < -0.39 is 21.3 Å². The van der Waals surface area contributed by atoms with E-state index >= 15 is 0 Å². The molecule has 2 fully saturated rings. The lowest BCUT2D eigenvalue weighted by Crippen LogP contribution is -2.39. The summed E-state index contributed by atoms with van der Waals surface area (Å²) in [6.07, 6.45) is 6.42. The zero-order chi connectivity index (χ0) is 20.9. The maximum absolute atomic E-state index is 13.3. The molecule has 0 aliphatic heterocycles. The van der Waals surface area contributed by atoms with E-state index in [1.807, 2.05) is 6.07 Å². The van der Waals surface area contributed by atoms with Gasteiger partial charge in [0.2, 0.25) is 5.91 Å². The molecular formula is C23H24N2O4S. The minimum Gasteiger partial charge on any atom is -0.496 e. The number of H-pyrrole nitrogens is 1. The fraction of sp³-hybridized carbons (Fsp3) is 0.348. The molecule has 0 atom stereocenters. The first-order valence-electron chi connectivity index (χ1n) is 10.3. The van der Waals surface area contributed by atoms with Gasteiger partial charge in [-0.15, -0.1) is 0 Å². The lowest BCUT2D eigenvalue weighted by molar-refractivity contribution is -0.121. The van der Waals surface area contributed by atoms with Crippen molar-refractivity contribution in [2.45, 2.75) is 48.3 Å². The third-order valence-electron chi connectivity index (χ3n) is 6.57. The number of nitrogens with one attached hydrogen (secondary N) is 2. The number of aromatic amines is 1. The van der Waals surface area contributed by atoms with Gasteiger partial charge in [0.25, 0.3) is 10.0 Å². The van der Waals surface area contributed by atoms with Gasteiger partial charge >= 0.3 is 0 Å². The summed E-state index contributed by atoms with van der Waals surface area (Å²) in [5.74, 6) is 0.665. The molecule has 156 valence electrons. The summed E-state index contributed by atoms with van der Waals surface area (Å²) < 4.78 is 34.0. The summed E-state index contributed by atoms with van der Waals surface area (Å²) in [5, 5.41) is 0.562. The van der Waals surface area contributed by atoms with Gasteiger partial charge in [-0.25, -0.2) is 13.1 Å². The maximum Gasteiger partial charge on any atom is 0.264 e. The average molecular weight is 425 g/mol. The van der Waals surface area contributed by atoms with Crippen molar-refractivity contribution in [1.82, 2.24) is 9.71 Å². The summed E-state index contributed by atoms with van der Waals surface area (Å²) in [6, 6.07) is 12.7. The van der Waals surface area contributed by atoms with Crippen LogP contribution in [0.2, 0.25) is 0 Å². The highest BCUT2D eigenvalue weighted by atomic mass is 32.2. The van der Waals surface area contributed by atoms with Crippen molar-refractivity contribution in [2.24, 2.45) is 0 Å². The van der Waals surface area contributed by atoms with Crippen molar-refractivity contribution in [3.63, 3.8) is 0 Å². The number of methoxy groups -OCH3 is 1. The Hall–Kier alpha value is -2.80. The van der Waals surface area contributed by atoms with Gasteiger partial charge in [-0.3, -0.25) is 4.79 Å². The highest BCUT2D eigenvalue weighted by molar-refractivity contribution is 7.90. The number of sulfonamides is 1. The predicted molar refractivity (Wildman–Crippen MR) is 114 cm³/mol. The number of amides is 1. The van der Waals surface area contributed by atoms with Crippen LogP contribution in [-0.2, 0) is 20.2 Å². The number of fused-ring (bicyclic) bond motifs is 1. The van der Waals surface area contributed by atoms with Crippen molar-refractivity contribution in [1.29, 1.82) is 0 Å². The number of carbonyl (C=O) groups is 1. The number of hydrogen-bond donors (Lipinski definition) is 2. The lowest BCUT2D eigenvalue weighted by atomic mass is 9.78. The summed E-state index contributed by atoms with van der Waals surface area (Å²) in [6.45, 7) is 0. The molecule has 30 heavy (non-hydrogen) atoms. The number of ether oxygens (including phenoxy) is 1. The number of rotatable bonds is 6. The summed E-state index contributed by atoms with van der Waals surface area (Å²) in [7, 11) is -2.42. The molecule has 1 aromatic heterocycles. The van der Waals surface area contributed by atoms with Gasteiger partial charge in [-0.1, -0.05) is 24.6 Å². The van der Waals surface area contributed by atoms with Gasteiger partial charge in [0.1, 0.15) is 5.75 Å². The molecule has 5 rings (SSSR count). The first-order valence-corrected chi connectivity index (χ1v) is 11.7. The van der Waals surface area contributed by atoms with Gasteiger partial charge in [0, 0.05) is 22.7 Å². The fourth-order valence-electron chi connectivity index (χ4n) is 4.40. The van der Waals surface area contributed by atoms with Crippen molar-refractivity contribution >= 4 is 26.8 Å². The minimum atomic E-state index is -4.01. The van der Waals surface area contributed by atoms with Crippen LogP contribution in [0.15, 0.2) is 53.6 Å². The largest absolute Gasteiger partial charge is 0.496 e. The summed E-state index contributed by atoms with van der Waals surface area (Å²) >= 11 is 0. The zero-order valence-corrected chi connectivity index (χ0v) is 17.6. The minimum absolute atomic E-state index is 0.0978. The van der Waals surface area contributed by atoms with Crippen LogP contribution in [0.1, 0.15) is 49.1 Å². The molecule has 2 N–H and O–H groups in total. The van der Waals surface area contributed by atoms with E-state index in [1.54, 1.807) is 31.5 Å². The Morgan fingerprint density at radius 3 is 2.63 bits per heavy atom. The van der Waals surface area contributed by atoms with Crippen molar-refractivity contribution in [2.75, 3.05) is 7.11 Å². The first kappa shape index (κ1) is 19.2. The summed E-state index contributed by atoms with van der Waals surface area (Å²) in [5.41, 5.74) is 1.85. The van der Waals surface area contributed by atoms with Crippen LogP contribution < -0.4 is 9.46 Å². The van der Waals surface area contributed by atoms with Crippen molar-refractivity contribution in [3.05, 3.63) is 59.8 Å². The van der Waals surface area contributed by atoms with E-state index in [0.29, 0.717) is 35.4 Å². The monoisotopic (exact) mass is 424 g/mol. The van der Waals surface area contributed by atoms with Crippen LogP contribution in [0.4, 0.5) is 0 Å². The van der Waals surface area contributed by atoms with E-state index in [-0.39, 0.29) is 4.90 Å². The molecule has 0 bridgehead atoms. The van der Waals surface area contributed by atoms with Crippen LogP contribution in [-0.4, -0.2) is 26.4 Å². The highest BCUT2D eigenvalue weighted by Crippen LogP contribution is 2.53. The van der Waals surface area contributed by atoms with Crippen LogP contribution >= 0.6 is 0 Å².